The van der Waals surface area contributed by atoms with E-state index in [4.69, 9.17) is 0 Å². The van der Waals surface area contributed by atoms with Crippen LogP contribution >= 0.6 is 0 Å². The smallest absolute Gasteiger partial charge is 0.223 e. The van der Waals surface area contributed by atoms with Crippen molar-refractivity contribution < 1.29 is 0 Å². The Morgan fingerprint density at radius 1 is 1.00 bits per heavy atom. The minimum atomic E-state index is 0.712. The number of nitrogens with zero attached hydrogens (tertiary/aromatic N) is 3. The highest BCUT2D eigenvalue weighted by molar-refractivity contribution is 5.27. The van der Waals surface area contributed by atoms with E-state index < -0.39 is 0 Å². The summed E-state index contributed by atoms with van der Waals surface area (Å²) < 4.78 is 0. The number of hydrogen-bond donors (Lipinski definition) is 1. The molecule has 0 radical (unpaired) electrons. The highest BCUT2D eigenvalue weighted by atomic mass is 15.1. The Morgan fingerprint density at radius 2 is 1.62 bits per heavy atom. The summed E-state index contributed by atoms with van der Waals surface area (Å²) in [4.78, 5) is 11.5. The third kappa shape index (κ3) is 4.78. The molecule has 0 saturated carbocycles. The highest BCUT2D eigenvalue weighted by Gasteiger charge is 2.19. The second kappa shape index (κ2) is 7.75. The Labute approximate surface area is 145 Å². The van der Waals surface area contributed by atoms with Crippen LogP contribution in [0.4, 0.5) is 5.95 Å². The van der Waals surface area contributed by atoms with Gasteiger partial charge in [-0.2, -0.15) is 0 Å². The van der Waals surface area contributed by atoms with Gasteiger partial charge in [-0.05, 0) is 64.3 Å². The van der Waals surface area contributed by atoms with E-state index in [0.717, 1.165) is 30.4 Å². The number of piperidine rings is 1. The van der Waals surface area contributed by atoms with Crippen LogP contribution in [-0.2, 0) is 6.54 Å². The standard InChI is InChI=1S/C20H28N4/c1-15-4-6-19(7-5-15)14-24-10-8-18(9-11-24)13-21-20-22-16(2)12-17(3)23-20/h4-7,12,18H,8-11,13-14H2,1-3H3,(H,21,22,23). The molecular formula is C20H28N4. The molecule has 0 atom stereocenters. The number of anilines is 1. The van der Waals surface area contributed by atoms with Gasteiger partial charge in [0.15, 0.2) is 0 Å². The van der Waals surface area contributed by atoms with Gasteiger partial charge in [0.25, 0.3) is 0 Å². The third-order valence-corrected chi connectivity index (χ3v) is 4.77. The van der Waals surface area contributed by atoms with Crippen molar-refractivity contribution in [1.82, 2.24) is 14.9 Å². The first kappa shape index (κ1) is 16.9. The van der Waals surface area contributed by atoms with Gasteiger partial charge in [0.05, 0.1) is 0 Å². The van der Waals surface area contributed by atoms with Crippen molar-refractivity contribution in [3.8, 4) is 0 Å². The molecule has 0 amide bonds. The monoisotopic (exact) mass is 324 g/mol. The zero-order valence-corrected chi connectivity index (χ0v) is 15.0. The van der Waals surface area contributed by atoms with E-state index >= 15 is 0 Å². The van der Waals surface area contributed by atoms with Crippen LogP contribution < -0.4 is 5.32 Å². The second-order valence-electron chi connectivity index (χ2n) is 7.06. The summed E-state index contributed by atoms with van der Waals surface area (Å²) in [5.41, 5.74) is 4.80. The maximum Gasteiger partial charge on any atom is 0.223 e. The average molecular weight is 324 g/mol. The van der Waals surface area contributed by atoms with Crippen LogP contribution in [0.5, 0.6) is 0 Å². The quantitative estimate of drug-likeness (QED) is 0.910. The Kier molecular flexibility index (Phi) is 5.46. The Hall–Kier alpha value is -1.94. The summed E-state index contributed by atoms with van der Waals surface area (Å²) in [7, 11) is 0. The normalized spacial score (nSPS) is 16.3. The Morgan fingerprint density at radius 3 is 2.25 bits per heavy atom. The first-order valence-electron chi connectivity index (χ1n) is 8.92. The lowest BCUT2D eigenvalue weighted by molar-refractivity contribution is 0.182. The van der Waals surface area contributed by atoms with Gasteiger partial charge in [-0.1, -0.05) is 29.8 Å². The first-order chi connectivity index (χ1) is 11.6. The molecule has 4 nitrogen and oxygen atoms in total. The van der Waals surface area contributed by atoms with Crippen molar-refractivity contribution in [1.29, 1.82) is 0 Å². The van der Waals surface area contributed by atoms with Gasteiger partial charge in [0, 0.05) is 24.5 Å². The molecule has 1 N–H and O–H groups in total. The van der Waals surface area contributed by atoms with Crippen LogP contribution in [0.15, 0.2) is 30.3 Å². The summed E-state index contributed by atoms with van der Waals surface area (Å²) in [6.45, 7) is 10.6. The molecule has 24 heavy (non-hydrogen) atoms. The predicted molar refractivity (Wildman–Crippen MR) is 99.2 cm³/mol. The summed E-state index contributed by atoms with van der Waals surface area (Å²) in [6, 6.07) is 10.9. The largest absolute Gasteiger partial charge is 0.354 e. The summed E-state index contributed by atoms with van der Waals surface area (Å²) in [5, 5.41) is 3.43. The maximum absolute atomic E-state index is 4.46. The van der Waals surface area contributed by atoms with Gasteiger partial charge in [-0.15, -0.1) is 0 Å². The molecule has 1 aromatic carbocycles. The molecular weight excluding hydrogens is 296 g/mol. The molecule has 3 rings (SSSR count). The average Bonchev–Trinajstić information content (AvgIpc) is 2.55. The lowest BCUT2D eigenvalue weighted by Crippen LogP contribution is -2.35. The summed E-state index contributed by atoms with van der Waals surface area (Å²) in [6.07, 6.45) is 2.48. The van der Waals surface area contributed by atoms with Crippen LogP contribution in [-0.4, -0.2) is 34.5 Å². The zero-order valence-electron chi connectivity index (χ0n) is 15.0. The molecule has 2 aromatic rings. The van der Waals surface area contributed by atoms with Crippen LogP contribution in [0.2, 0.25) is 0 Å². The second-order valence-corrected chi connectivity index (χ2v) is 7.06. The van der Waals surface area contributed by atoms with Gasteiger partial charge in [0.2, 0.25) is 5.95 Å². The van der Waals surface area contributed by atoms with E-state index in [9.17, 15) is 0 Å². The molecule has 0 aliphatic carbocycles. The molecule has 1 aliphatic rings. The molecule has 1 saturated heterocycles. The van der Waals surface area contributed by atoms with Gasteiger partial charge >= 0.3 is 0 Å². The fraction of sp³-hybridized carbons (Fsp3) is 0.500. The minimum absolute atomic E-state index is 0.712. The maximum atomic E-state index is 4.46. The van der Waals surface area contributed by atoms with Crippen molar-refractivity contribution in [3.05, 3.63) is 52.8 Å². The number of benzene rings is 1. The van der Waals surface area contributed by atoms with E-state index in [1.807, 2.05) is 19.9 Å². The lowest BCUT2D eigenvalue weighted by Gasteiger charge is -2.32. The van der Waals surface area contributed by atoms with Crippen molar-refractivity contribution in [2.75, 3.05) is 25.0 Å². The van der Waals surface area contributed by atoms with E-state index in [2.05, 4.69) is 51.4 Å². The van der Waals surface area contributed by atoms with Gasteiger partial charge in [-0.25, -0.2) is 9.97 Å². The van der Waals surface area contributed by atoms with E-state index in [0.29, 0.717) is 5.92 Å². The fourth-order valence-electron chi connectivity index (χ4n) is 3.34. The van der Waals surface area contributed by atoms with Gasteiger partial charge in [0.1, 0.15) is 0 Å². The SMILES string of the molecule is Cc1ccc(CN2CCC(CNc3nc(C)cc(C)n3)CC2)cc1. The molecule has 0 spiro atoms. The number of rotatable bonds is 5. The van der Waals surface area contributed by atoms with E-state index in [-0.39, 0.29) is 0 Å². The number of likely N-dealkylation sites (tertiary alicyclic amines) is 1. The molecule has 0 unspecified atom stereocenters. The van der Waals surface area contributed by atoms with Crippen LogP contribution in [0.1, 0.15) is 35.4 Å². The number of hydrogen-bond acceptors (Lipinski definition) is 4. The van der Waals surface area contributed by atoms with E-state index in [1.165, 1.54) is 37.1 Å². The third-order valence-electron chi connectivity index (χ3n) is 4.77. The van der Waals surface area contributed by atoms with E-state index in [1.54, 1.807) is 0 Å². The fourth-order valence-corrected chi connectivity index (χ4v) is 3.34. The molecule has 1 fully saturated rings. The molecule has 4 heteroatoms. The van der Waals surface area contributed by atoms with Crippen molar-refractivity contribution in [3.63, 3.8) is 0 Å². The molecule has 1 aliphatic heterocycles. The summed E-state index contributed by atoms with van der Waals surface area (Å²) in [5.74, 6) is 1.48. The molecule has 128 valence electrons. The van der Waals surface area contributed by atoms with Crippen LogP contribution in [0.3, 0.4) is 0 Å². The highest BCUT2D eigenvalue weighted by Crippen LogP contribution is 2.19. The molecule has 2 heterocycles. The summed E-state index contributed by atoms with van der Waals surface area (Å²) >= 11 is 0. The number of nitrogens with one attached hydrogen (secondary N) is 1. The molecule has 1 aromatic heterocycles. The van der Waals surface area contributed by atoms with Crippen molar-refractivity contribution >= 4 is 5.95 Å². The van der Waals surface area contributed by atoms with Crippen LogP contribution in [0.25, 0.3) is 0 Å². The Balaban J connectivity index is 1.44. The lowest BCUT2D eigenvalue weighted by atomic mass is 9.96. The van der Waals surface area contributed by atoms with Gasteiger partial charge < -0.3 is 5.32 Å². The topological polar surface area (TPSA) is 41.0 Å². The van der Waals surface area contributed by atoms with Crippen LogP contribution in [0, 0.1) is 26.7 Å². The predicted octanol–water partition coefficient (Wildman–Crippen LogP) is 3.73. The Bertz CT molecular complexity index is 638. The number of aryl methyl sites for hydroxylation is 3. The zero-order chi connectivity index (χ0) is 16.9. The molecule has 0 bridgehead atoms. The van der Waals surface area contributed by atoms with Gasteiger partial charge in [-0.3, -0.25) is 4.90 Å². The van der Waals surface area contributed by atoms with Crippen molar-refractivity contribution in [2.24, 2.45) is 5.92 Å². The van der Waals surface area contributed by atoms with Crippen molar-refractivity contribution in [2.45, 2.75) is 40.2 Å². The number of aromatic nitrogens is 2. The minimum Gasteiger partial charge on any atom is -0.354 e. The first-order valence-corrected chi connectivity index (χ1v) is 8.92.